The van der Waals surface area contributed by atoms with Crippen molar-refractivity contribution in [3.8, 4) is 5.75 Å². The van der Waals surface area contributed by atoms with Crippen molar-refractivity contribution in [2.45, 2.75) is 26.7 Å². The highest BCUT2D eigenvalue weighted by Gasteiger charge is 2.15. The number of nitrogens with zero attached hydrogens (tertiary/aromatic N) is 1. The average molecular weight is 363 g/mol. The van der Waals surface area contributed by atoms with Crippen LogP contribution in [0.5, 0.6) is 5.75 Å². The first-order chi connectivity index (χ1) is 10.8. The van der Waals surface area contributed by atoms with Gasteiger partial charge in [0.2, 0.25) is 15.9 Å². The van der Waals surface area contributed by atoms with Crippen LogP contribution in [-0.2, 0) is 14.8 Å². The number of carbonyl (C=O) groups is 1. The predicted octanol–water partition coefficient (Wildman–Crippen LogP) is 2.42. The molecule has 0 bridgehead atoms. The van der Waals surface area contributed by atoms with E-state index in [2.05, 4.69) is 4.72 Å². The van der Waals surface area contributed by atoms with Gasteiger partial charge in [-0.3, -0.25) is 4.79 Å². The third-order valence-electron chi connectivity index (χ3n) is 3.25. The smallest absolute Gasteiger partial charge is 0.223 e. The molecule has 0 radical (unpaired) electrons. The number of methoxy groups -OCH3 is 1. The molecule has 0 aliphatic rings. The summed E-state index contributed by atoms with van der Waals surface area (Å²) in [7, 11) is -1.79. The molecule has 1 N–H and O–H groups in total. The van der Waals surface area contributed by atoms with Crippen LogP contribution in [0.4, 0.5) is 5.69 Å². The van der Waals surface area contributed by atoms with Gasteiger partial charge in [0.15, 0.2) is 0 Å². The monoisotopic (exact) mass is 362 g/mol. The number of hydrogen-bond acceptors (Lipinski definition) is 4. The van der Waals surface area contributed by atoms with Crippen LogP contribution in [0.3, 0.4) is 0 Å². The molecule has 0 heterocycles. The molecule has 0 aliphatic heterocycles. The zero-order valence-electron chi connectivity index (χ0n) is 13.6. The Hall–Kier alpha value is -1.31. The highest BCUT2D eigenvalue weighted by Crippen LogP contribution is 2.29. The summed E-state index contributed by atoms with van der Waals surface area (Å²) in [4.78, 5) is 13.3. The van der Waals surface area contributed by atoms with Crippen molar-refractivity contribution in [3.05, 3.63) is 23.2 Å². The van der Waals surface area contributed by atoms with Gasteiger partial charge in [0.25, 0.3) is 0 Å². The van der Waals surface area contributed by atoms with E-state index in [9.17, 15) is 13.2 Å². The van der Waals surface area contributed by atoms with Gasteiger partial charge in [-0.25, -0.2) is 13.1 Å². The van der Waals surface area contributed by atoms with Gasteiger partial charge in [-0.05, 0) is 24.6 Å². The molecule has 6 nitrogen and oxygen atoms in total. The summed E-state index contributed by atoms with van der Waals surface area (Å²) in [6, 6.07) is 4.99. The van der Waals surface area contributed by atoms with Crippen LogP contribution in [0, 0.1) is 0 Å². The van der Waals surface area contributed by atoms with E-state index in [1.165, 1.54) is 18.9 Å². The van der Waals surface area contributed by atoms with Crippen LogP contribution in [-0.4, -0.2) is 40.3 Å². The van der Waals surface area contributed by atoms with Gasteiger partial charge in [-0.2, -0.15) is 0 Å². The summed E-state index contributed by atoms with van der Waals surface area (Å²) < 4.78 is 31.1. The van der Waals surface area contributed by atoms with Crippen LogP contribution in [0.15, 0.2) is 18.2 Å². The number of anilines is 1. The van der Waals surface area contributed by atoms with E-state index >= 15 is 0 Å². The molecular weight excluding hydrogens is 340 g/mol. The molecule has 0 saturated heterocycles. The maximum atomic E-state index is 11.8. The first-order valence-electron chi connectivity index (χ1n) is 7.39. The number of sulfonamides is 1. The number of carbonyl (C=O) groups excluding carboxylic acids is 1. The third-order valence-corrected chi connectivity index (χ3v) is 5.02. The fraction of sp³-hybridized carbons (Fsp3) is 0.533. The number of hydrogen-bond donors (Lipinski definition) is 1. The summed E-state index contributed by atoms with van der Waals surface area (Å²) in [5.74, 6) is 0.413. The first-order valence-corrected chi connectivity index (χ1v) is 9.42. The molecule has 0 spiro atoms. The lowest BCUT2D eigenvalue weighted by molar-refractivity contribution is -0.116. The Bertz CT molecular complexity index is 634. The van der Waals surface area contributed by atoms with Gasteiger partial charge < -0.3 is 9.64 Å². The van der Waals surface area contributed by atoms with Crippen molar-refractivity contribution in [2.24, 2.45) is 0 Å². The maximum absolute atomic E-state index is 11.8. The Morgan fingerprint density at radius 2 is 2.09 bits per heavy atom. The Kier molecular flexibility index (Phi) is 7.81. The molecule has 0 aliphatic carbocycles. The fourth-order valence-corrected chi connectivity index (χ4v) is 3.48. The first kappa shape index (κ1) is 19.7. The van der Waals surface area contributed by atoms with Crippen molar-refractivity contribution < 1.29 is 17.9 Å². The van der Waals surface area contributed by atoms with E-state index in [-0.39, 0.29) is 24.7 Å². The highest BCUT2D eigenvalue weighted by atomic mass is 35.5. The molecule has 8 heteroatoms. The molecule has 0 saturated carbocycles. The van der Waals surface area contributed by atoms with Crippen molar-refractivity contribution in [1.82, 2.24) is 4.72 Å². The lowest BCUT2D eigenvalue weighted by Gasteiger charge is -2.22. The zero-order chi connectivity index (χ0) is 17.5. The van der Waals surface area contributed by atoms with Gasteiger partial charge in [-0.15, -0.1) is 0 Å². The van der Waals surface area contributed by atoms with Crippen molar-refractivity contribution in [3.63, 3.8) is 0 Å². The number of rotatable bonds is 9. The number of unbranched alkanes of at least 4 members (excludes halogenated alkanes) is 1. The topological polar surface area (TPSA) is 75.7 Å². The van der Waals surface area contributed by atoms with Crippen LogP contribution < -0.4 is 14.4 Å². The Labute approximate surface area is 142 Å². The number of nitrogens with one attached hydrogen (secondary N) is 1. The van der Waals surface area contributed by atoms with Gasteiger partial charge >= 0.3 is 0 Å². The SMILES string of the molecule is CCCCS(=O)(=O)NCCN(C(C)=O)c1ccc(OC)c(Cl)c1. The lowest BCUT2D eigenvalue weighted by atomic mass is 10.2. The van der Waals surface area contributed by atoms with E-state index in [0.29, 0.717) is 22.9 Å². The van der Waals surface area contributed by atoms with Crippen LogP contribution in [0.25, 0.3) is 0 Å². The molecule has 0 unspecified atom stereocenters. The van der Waals surface area contributed by atoms with Crippen LogP contribution >= 0.6 is 11.6 Å². The van der Waals surface area contributed by atoms with E-state index in [4.69, 9.17) is 16.3 Å². The molecule has 0 fully saturated rings. The van der Waals surface area contributed by atoms with E-state index in [1.807, 2.05) is 6.92 Å². The van der Waals surface area contributed by atoms with Gasteiger partial charge in [0, 0.05) is 25.7 Å². The van der Waals surface area contributed by atoms with E-state index in [0.717, 1.165) is 6.42 Å². The summed E-state index contributed by atoms with van der Waals surface area (Å²) in [5.41, 5.74) is 0.594. The number of ether oxygens (including phenoxy) is 1. The molecule has 130 valence electrons. The van der Waals surface area contributed by atoms with E-state index in [1.54, 1.807) is 18.2 Å². The summed E-state index contributed by atoms with van der Waals surface area (Å²) in [6.45, 7) is 3.72. The Balaban J connectivity index is 2.73. The van der Waals surface area contributed by atoms with Crippen LogP contribution in [0.2, 0.25) is 5.02 Å². The standard InChI is InChI=1S/C15H23ClN2O4S/c1-4-5-10-23(20,21)17-8-9-18(12(2)19)13-6-7-15(22-3)14(16)11-13/h6-7,11,17H,4-5,8-10H2,1-3H3. The zero-order valence-corrected chi connectivity index (χ0v) is 15.2. The van der Waals surface area contributed by atoms with Crippen molar-refractivity contribution in [2.75, 3.05) is 30.9 Å². The average Bonchev–Trinajstić information content (AvgIpc) is 2.49. The van der Waals surface area contributed by atoms with Gasteiger partial charge in [0.05, 0.1) is 17.9 Å². The minimum Gasteiger partial charge on any atom is -0.495 e. The molecule has 0 aromatic heterocycles. The van der Waals surface area contributed by atoms with E-state index < -0.39 is 10.0 Å². The second-order valence-electron chi connectivity index (χ2n) is 5.06. The highest BCUT2D eigenvalue weighted by molar-refractivity contribution is 7.89. The number of halogens is 1. The quantitative estimate of drug-likeness (QED) is 0.732. The van der Waals surface area contributed by atoms with Gasteiger partial charge in [-0.1, -0.05) is 24.9 Å². The maximum Gasteiger partial charge on any atom is 0.223 e. The second kappa shape index (κ2) is 9.10. The molecule has 1 rings (SSSR count). The second-order valence-corrected chi connectivity index (χ2v) is 7.39. The lowest BCUT2D eigenvalue weighted by Crippen LogP contribution is -2.38. The van der Waals surface area contributed by atoms with Crippen LogP contribution in [0.1, 0.15) is 26.7 Å². The molecular formula is C15H23ClN2O4S. The predicted molar refractivity (Wildman–Crippen MR) is 92.7 cm³/mol. The Morgan fingerprint density at radius 1 is 1.39 bits per heavy atom. The normalized spacial score (nSPS) is 11.3. The molecule has 1 aromatic rings. The molecule has 0 atom stereocenters. The summed E-state index contributed by atoms with van der Waals surface area (Å²) >= 11 is 6.07. The Morgan fingerprint density at radius 3 is 2.61 bits per heavy atom. The summed E-state index contributed by atoms with van der Waals surface area (Å²) in [6.07, 6.45) is 1.42. The summed E-state index contributed by atoms with van der Waals surface area (Å²) in [5, 5.41) is 0.389. The third kappa shape index (κ3) is 6.37. The minimum atomic E-state index is -3.30. The van der Waals surface area contributed by atoms with Gasteiger partial charge in [0.1, 0.15) is 5.75 Å². The molecule has 1 amide bonds. The van der Waals surface area contributed by atoms with Crippen molar-refractivity contribution >= 4 is 33.2 Å². The van der Waals surface area contributed by atoms with Crippen molar-refractivity contribution in [1.29, 1.82) is 0 Å². The number of benzene rings is 1. The minimum absolute atomic E-state index is 0.0952. The molecule has 23 heavy (non-hydrogen) atoms. The largest absolute Gasteiger partial charge is 0.495 e. The molecule has 1 aromatic carbocycles. The number of amides is 1. The fourth-order valence-electron chi connectivity index (χ4n) is 2.01.